The van der Waals surface area contributed by atoms with Crippen molar-refractivity contribution in [3.63, 3.8) is 0 Å². The Labute approximate surface area is 177 Å². The van der Waals surface area contributed by atoms with Crippen molar-refractivity contribution in [3.05, 3.63) is 76.1 Å². The van der Waals surface area contributed by atoms with E-state index in [9.17, 15) is 24.6 Å². The molecular weight excluding hydrogens is 400 g/mol. The maximum Gasteiger partial charge on any atom is 0.326 e. The third-order valence-electron chi connectivity index (χ3n) is 5.26. The second-order valence-electron chi connectivity index (χ2n) is 7.63. The zero-order valence-corrected chi connectivity index (χ0v) is 16.7. The van der Waals surface area contributed by atoms with Gasteiger partial charge in [-0.3, -0.25) is 9.59 Å². The van der Waals surface area contributed by atoms with Crippen LogP contribution in [0.1, 0.15) is 28.8 Å². The lowest BCUT2D eigenvalue weighted by Gasteiger charge is -2.17. The molecule has 0 saturated heterocycles. The highest BCUT2D eigenvalue weighted by atomic mass is 16.7. The molecule has 8 heteroatoms. The van der Waals surface area contributed by atoms with Crippen molar-refractivity contribution in [1.29, 1.82) is 0 Å². The van der Waals surface area contributed by atoms with Crippen molar-refractivity contribution in [2.75, 3.05) is 6.61 Å². The zero-order chi connectivity index (χ0) is 22.0. The number of carboxylic acids is 1. The number of nitrogens with one attached hydrogen (secondary N) is 1. The Hall–Kier alpha value is -3.81. The van der Waals surface area contributed by atoms with Gasteiger partial charge < -0.3 is 20.4 Å². The Kier molecular flexibility index (Phi) is 5.62. The molecule has 1 heterocycles. The Morgan fingerprint density at radius 2 is 1.77 bits per heavy atom. The molecule has 31 heavy (non-hydrogen) atoms. The molecule has 1 aliphatic carbocycles. The van der Waals surface area contributed by atoms with Gasteiger partial charge in [0.25, 0.3) is 11.5 Å². The summed E-state index contributed by atoms with van der Waals surface area (Å²) in [6, 6.07) is 14.1. The first kappa shape index (κ1) is 20.5. The number of amides is 1. The number of pyridine rings is 1. The van der Waals surface area contributed by atoms with E-state index in [1.807, 2.05) is 0 Å². The molecule has 1 fully saturated rings. The summed E-state index contributed by atoms with van der Waals surface area (Å²) >= 11 is 0. The molecule has 0 unspecified atom stereocenters. The lowest BCUT2D eigenvalue weighted by molar-refractivity contribution is -0.139. The van der Waals surface area contributed by atoms with Crippen LogP contribution in [0.25, 0.3) is 10.9 Å². The molecule has 2 aromatic carbocycles. The van der Waals surface area contributed by atoms with Crippen LogP contribution in [0.4, 0.5) is 0 Å². The van der Waals surface area contributed by atoms with Gasteiger partial charge in [0.2, 0.25) is 0 Å². The van der Waals surface area contributed by atoms with Crippen LogP contribution in [-0.4, -0.2) is 39.5 Å². The molecule has 1 amide bonds. The standard InChI is InChI=1S/C23H22N2O6/c26-20-16-8-4-5-9-18(16)25(31-13-15-10-11-15)22(28)19(20)21(27)24-17(23(29)30)12-14-6-2-1-3-7-14/h1-9,15,17,26H,10-13H2,(H,24,27)(H,29,30)/t17-/m0/s1. The van der Waals surface area contributed by atoms with Gasteiger partial charge in [-0.2, -0.15) is 0 Å². The molecule has 8 nitrogen and oxygen atoms in total. The Bertz CT molecular complexity index is 1180. The summed E-state index contributed by atoms with van der Waals surface area (Å²) in [7, 11) is 0. The fourth-order valence-corrected chi connectivity index (χ4v) is 3.38. The van der Waals surface area contributed by atoms with Gasteiger partial charge in [0, 0.05) is 11.8 Å². The number of nitrogens with zero attached hydrogens (tertiary/aromatic N) is 1. The topological polar surface area (TPSA) is 118 Å². The largest absolute Gasteiger partial charge is 0.506 e. The van der Waals surface area contributed by atoms with Crippen molar-refractivity contribution in [2.45, 2.75) is 25.3 Å². The molecule has 0 bridgehead atoms. The molecule has 0 spiro atoms. The fourth-order valence-electron chi connectivity index (χ4n) is 3.38. The monoisotopic (exact) mass is 422 g/mol. The zero-order valence-electron chi connectivity index (χ0n) is 16.7. The summed E-state index contributed by atoms with van der Waals surface area (Å²) in [5.41, 5.74) is -0.337. The van der Waals surface area contributed by atoms with Gasteiger partial charge in [-0.15, -0.1) is 4.73 Å². The summed E-state index contributed by atoms with van der Waals surface area (Å²) in [5, 5.41) is 22.9. The van der Waals surface area contributed by atoms with Gasteiger partial charge in [0.1, 0.15) is 18.4 Å². The van der Waals surface area contributed by atoms with Gasteiger partial charge in [-0.25, -0.2) is 4.79 Å². The second-order valence-corrected chi connectivity index (χ2v) is 7.63. The minimum Gasteiger partial charge on any atom is -0.506 e. The average molecular weight is 422 g/mol. The van der Waals surface area contributed by atoms with Crippen LogP contribution in [0.15, 0.2) is 59.4 Å². The van der Waals surface area contributed by atoms with Gasteiger partial charge in [0.15, 0.2) is 5.56 Å². The van der Waals surface area contributed by atoms with Crippen molar-refractivity contribution < 1.29 is 24.6 Å². The molecule has 1 atom stereocenters. The number of fused-ring (bicyclic) bond motifs is 1. The number of carboxylic acid groups (broad SMARTS) is 1. The van der Waals surface area contributed by atoms with Gasteiger partial charge >= 0.3 is 5.97 Å². The fraction of sp³-hybridized carbons (Fsp3) is 0.261. The van der Waals surface area contributed by atoms with Gasteiger partial charge in [0.05, 0.1) is 5.52 Å². The predicted molar refractivity (Wildman–Crippen MR) is 113 cm³/mol. The minimum atomic E-state index is -1.28. The summed E-state index contributed by atoms with van der Waals surface area (Å²) in [6.45, 7) is 0.321. The van der Waals surface area contributed by atoms with Crippen LogP contribution >= 0.6 is 0 Å². The molecule has 3 N–H and O–H groups in total. The number of benzene rings is 2. The first-order chi connectivity index (χ1) is 15.0. The summed E-state index contributed by atoms with van der Waals surface area (Å²) in [5.74, 6) is -2.37. The molecule has 4 rings (SSSR count). The van der Waals surface area contributed by atoms with E-state index in [1.54, 1.807) is 54.6 Å². The number of aromatic hydroxyl groups is 1. The first-order valence-electron chi connectivity index (χ1n) is 10.0. The van der Waals surface area contributed by atoms with Crippen molar-refractivity contribution >= 4 is 22.8 Å². The third kappa shape index (κ3) is 4.37. The number of carbonyl (C=O) groups is 2. The van der Waals surface area contributed by atoms with Crippen LogP contribution in [0.3, 0.4) is 0 Å². The van der Waals surface area contributed by atoms with E-state index in [0.29, 0.717) is 23.6 Å². The third-order valence-corrected chi connectivity index (χ3v) is 5.26. The van der Waals surface area contributed by atoms with E-state index in [2.05, 4.69) is 5.32 Å². The van der Waals surface area contributed by atoms with E-state index in [1.165, 1.54) is 0 Å². The van der Waals surface area contributed by atoms with Crippen LogP contribution < -0.4 is 15.7 Å². The molecular formula is C23H22N2O6. The molecule has 0 aliphatic heterocycles. The maximum absolute atomic E-state index is 13.1. The lowest BCUT2D eigenvalue weighted by Crippen LogP contribution is -2.45. The average Bonchev–Trinajstić information content (AvgIpc) is 3.58. The number of hydrogen-bond acceptors (Lipinski definition) is 5. The van der Waals surface area contributed by atoms with E-state index in [4.69, 9.17) is 4.84 Å². The highest BCUT2D eigenvalue weighted by molar-refractivity contribution is 6.03. The van der Waals surface area contributed by atoms with Crippen LogP contribution in [0.5, 0.6) is 5.75 Å². The van der Waals surface area contributed by atoms with E-state index >= 15 is 0 Å². The molecule has 1 aromatic heterocycles. The Morgan fingerprint density at radius 3 is 2.45 bits per heavy atom. The van der Waals surface area contributed by atoms with E-state index < -0.39 is 34.8 Å². The van der Waals surface area contributed by atoms with Gasteiger partial charge in [-0.1, -0.05) is 42.5 Å². The number of carbonyl (C=O) groups excluding carboxylic acids is 1. The normalized spacial score (nSPS) is 14.2. The smallest absolute Gasteiger partial charge is 0.326 e. The summed E-state index contributed by atoms with van der Waals surface area (Å²) < 4.78 is 1.01. The maximum atomic E-state index is 13.1. The lowest BCUT2D eigenvalue weighted by atomic mass is 10.0. The van der Waals surface area contributed by atoms with Crippen molar-refractivity contribution in [2.24, 2.45) is 5.92 Å². The molecule has 0 radical (unpaired) electrons. The van der Waals surface area contributed by atoms with Crippen LogP contribution in [0.2, 0.25) is 0 Å². The quantitative estimate of drug-likeness (QED) is 0.511. The van der Waals surface area contributed by atoms with Gasteiger partial charge in [-0.05, 0) is 36.5 Å². The number of hydrogen-bond donors (Lipinski definition) is 3. The second kappa shape index (κ2) is 8.51. The number of para-hydroxylation sites is 1. The predicted octanol–water partition coefficient (Wildman–Crippen LogP) is 1.97. The number of aliphatic carboxylic acids is 1. The van der Waals surface area contributed by atoms with Crippen molar-refractivity contribution in [3.8, 4) is 5.75 Å². The molecule has 1 saturated carbocycles. The molecule has 160 valence electrons. The van der Waals surface area contributed by atoms with Crippen molar-refractivity contribution in [1.82, 2.24) is 10.0 Å². The van der Waals surface area contributed by atoms with E-state index in [-0.39, 0.29) is 11.8 Å². The Morgan fingerprint density at radius 1 is 1.10 bits per heavy atom. The van der Waals surface area contributed by atoms with E-state index in [0.717, 1.165) is 17.6 Å². The minimum absolute atomic E-state index is 0.0304. The highest BCUT2D eigenvalue weighted by Gasteiger charge is 2.28. The SMILES string of the molecule is O=C(N[C@@H](Cc1ccccc1)C(=O)O)c1c(O)c2ccccc2n(OCC2CC2)c1=O. The first-order valence-corrected chi connectivity index (χ1v) is 10.0. The Balaban J connectivity index is 1.69. The number of rotatable bonds is 8. The molecule has 3 aromatic rings. The van der Waals surface area contributed by atoms with Crippen LogP contribution in [0, 0.1) is 5.92 Å². The highest BCUT2D eigenvalue weighted by Crippen LogP contribution is 2.29. The number of aromatic nitrogens is 1. The summed E-state index contributed by atoms with van der Waals surface area (Å²) in [6.07, 6.45) is 2.05. The van der Waals surface area contributed by atoms with Crippen LogP contribution in [-0.2, 0) is 11.2 Å². The molecule has 1 aliphatic rings. The summed E-state index contributed by atoms with van der Waals surface area (Å²) in [4.78, 5) is 43.4.